The van der Waals surface area contributed by atoms with Crippen molar-refractivity contribution in [3.63, 3.8) is 0 Å². The van der Waals surface area contributed by atoms with Gasteiger partial charge in [-0.15, -0.1) is 11.3 Å². The Bertz CT molecular complexity index is 623. The van der Waals surface area contributed by atoms with Gasteiger partial charge in [-0.3, -0.25) is 0 Å². The molecule has 1 aromatic carbocycles. The lowest BCUT2D eigenvalue weighted by Crippen LogP contribution is -1.96. The number of thiophene rings is 1. The van der Waals surface area contributed by atoms with Gasteiger partial charge in [-0.2, -0.15) is 0 Å². The first-order chi connectivity index (χ1) is 9.20. The molecule has 1 aromatic heterocycles. The van der Waals surface area contributed by atoms with Crippen molar-refractivity contribution >= 4 is 11.3 Å². The van der Waals surface area contributed by atoms with Crippen molar-refractivity contribution in [3.05, 3.63) is 51.5 Å². The normalized spacial score (nSPS) is 9.84. The predicted molar refractivity (Wildman–Crippen MR) is 73.8 cm³/mol. The van der Waals surface area contributed by atoms with E-state index in [9.17, 15) is 4.39 Å². The van der Waals surface area contributed by atoms with Crippen molar-refractivity contribution in [2.45, 2.75) is 13.5 Å². The number of aryl methyl sites for hydroxylation is 1. The highest BCUT2D eigenvalue weighted by Gasteiger charge is 2.04. The Kier molecular flexibility index (Phi) is 4.56. The van der Waals surface area contributed by atoms with Gasteiger partial charge in [0.05, 0.1) is 4.88 Å². The average molecular weight is 276 g/mol. The van der Waals surface area contributed by atoms with Crippen LogP contribution in [0.15, 0.2) is 29.6 Å². The van der Waals surface area contributed by atoms with Crippen LogP contribution in [-0.2, 0) is 6.61 Å². The van der Waals surface area contributed by atoms with Gasteiger partial charge in [0.15, 0.2) is 0 Å². The summed E-state index contributed by atoms with van der Waals surface area (Å²) < 4.78 is 18.7. The average Bonchev–Trinajstić information content (AvgIpc) is 2.85. The van der Waals surface area contributed by atoms with Gasteiger partial charge in [-0.25, -0.2) is 4.39 Å². The standard InChI is InChI=1S/C15H13FO2S/c1-11-9-13(4-5-14(11)16)18-10-15-12(3-2-7-17)6-8-19-15/h4-6,8-9,17H,7,10H2,1H3. The van der Waals surface area contributed by atoms with Gasteiger partial charge >= 0.3 is 0 Å². The first-order valence-corrected chi connectivity index (χ1v) is 6.63. The number of halogens is 1. The van der Waals surface area contributed by atoms with E-state index in [0.29, 0.717) is 17.9 Å². The third-order valence-electron chi connectivity index (χ3n) is 2.55. The monoisotopic (exact) mass is 276 g/mol. The summed E-state index contributed by atoms with van der Waals surface area (Å²) >= 11 is 1.54. The molecule has 2 rings (SSSR count). The van der Waals surface area contributed by atoms with Crippen LogP contribution < -0.4 is 4.74 Å². The second-order valence-corrected chi connectivity index (χ2v) is 4.92. The topological polar surface area (TPSA) is 29.5 Å². The molecule has 19 heavy (non-hydrogen) atoms. The van der Waals surface area contributed by atoms with Crippen LogP contribution in [0.25, 0.3) is 0 Å². The molecule has 98 valence electrons. The molecular weight excluding hydrogens is 263 g/mol. The molecule has 0 aliphatic heterocycles. The zero-order chi connectivity index (χ0) is 13.7. The summed E-state index contributed by atoms with van der Waals surface area (Å²) in [5, 5.41) is 10.6. The zero-order valence-electron chi connectivity index (χ0n) is 10.4. The lowest BCUT2D eigenvalue weighted by molar-refractivity contribution is 0.309. The number of aliphatic hydroxyl groups excluding tert-OH is 1. The second kappa shape index (κ2) is 6.37. The maximum Gasteiger partial charge on any atom is 0.126 e. The minimum atomic E-state index is -0.238. The van der Waals surface area contributed by atoms with Gasteiger partial charge < -0.3 is 9.84 Å². The fraction of sp³-hybridized carbons (Fsp3) is 0.200. The van der Waals surface area contributed by atoms with E-state index in [4.69, 9.17) is 9.84 Å². The Morgan fingerprint density at radius 3 is 2.95 bits per heavy atom. The molecule has 1 N–H and O–H groups in total. The van der Waals surface area contributed by atoms with E-state index in [-0.39, 0.29) is 12.4 Å². The smallest absolute Gasteiger partial charge is 0.126 e. The maximum absolute atomic E-state index is 13.1. The molecule has 2 nitrogen and oxygen atoms in total. The van der Waals surface area contributed by atoms with Gasteiger partial charge in [-0.1, -0.05) is 11.8 Å². The van der Waals surface area contributed by atoms with E-state index in [1.807, 2.05) is 11.4 Å². The molecule has 0 saturated heterocycles. The fourth-order valence-corrected chi connectivity index (χ4v) is 2.30. The molecule has 0 unspecified atom stereocenters. The number of aliphatic hydroxyl groups is 1. The van der Waals surface area contributed by atoms with Crippen LogP contribution in [0.3, 0.4) is 0 Å². The third-order valence-corrected chi connectivity index (χ3v) is 3.44. The van der Waals surface area contributed by atoms with Crippen LogP contribution in [0.5, 0.6) is 5.75 Å². The van der Waals surface area contributed by atoms with Gasteiger partial charge in [0.2, 0.25) is 0 Å². The Hall–Kier alpha value is -1.83. The zero-order valence-corrected chi connectivity index (χ0v) is 11.3. The molecule has 0 spiro atoms. The second-order valence-electron chi connectivity index (χ2n) is 3.92. The maximum atomic E-state index is 13.1. The van der Waals surface area contributed by atoms with E-state index < -0.39 is 0 Å². The highest BCUT2D eigenvalue weighted by molar-refractivity contribution is 7.10. The molecule has 0 aliphatic rings. The summed E-state index contributed by atoms with van der Waals surface area (Å²) in [6.45, 7) is 1.93. The molecule has 0 amide bonds. The van der Waals surface area contributed by atoms with Gasteiger partial charge in [0.25, 0.3) is 0 Å². The summed E-state index contributed by atoms with van der Waals surface area (Å²) in [5.41, 5.74) is 1.42. The Morgan fingerprint density at radius 1 is 1.37 bits per heavy atom. The van der Waals surface area contributed by atoms with Crippen molar-refractivity contribution in [1.82, 2.24) is 0 Å². The summed E-state index contributed by atoms with van der Waals surface area (Å²) in [4.78, 5) is 0.989. The Balaban J connectivity index is 2.06. The van der Waals surface area contributed by atoms with Crippen LogP contribution in [0.4, 0.5) is 4.39 Å². The SMILES string of the molecule is Cc1cc(OCc2sccc2C#CCO)ccc1F. The first-order valence-electron chi connectivity index (χ1n) is 5.75. The summed E-state index contributed by atoms with van der Waals surface area (Å²) in [6.07, 6.45) is 0. The quantitative estimate of drug-likeness (QED) is 0.873. The fourth-order valence-electron chi connectivity index (χ4n) is 1.55. The van der Waals surface area contributed by atoms with Crippen molar-refractivity contribution < 1.29 is 14.2 Å². The molecule has 1 heterocycles. The molecule has 0 atom stereocenters. The van der Waals surface area contributed by atoms with Crippen LogP contribution in [-0.4, -0.2) is 11.7 Å². The largest absolute Gasteiger partial charge is 0.488 e. The predicted octanol–water partition coefficient (Wildman–Crippen LogP) is 3.12. The number of rotatable bonds is 3. The summed E-state index contributed by atoms with van der Waals surface area (Å²) in [7, 11) is 0. The van der Waals surface area contributed by atoms with Gasteiger partial charge in [0.1, 0.15) is 24.8 Å². The van der Waals surface area contributed by atoms with Crippen LogP contribution >= 0.6 is 11.3 Å². The van der Waals surface area contributed by atoms with Crippen molar-refractivity contribution in [2.75, 3.05) is 6.61 Å². The summed E-state index contributed by atoms with van der Waals surface area (Å²) in [6, 6.07) is 6.56. The number of benzene rings is 1. The Morgan fingerprint density at radius 2 is 2.21 bits per heavy atom. The van der Waals surface area contributed by atoms with Gasteiger partial charge in [-0.05, 0) is 42.1 Å². The minimum absolute atomic E-state index is 0.159. The Labute approximate surface area is 115 Å². The molecular formula is C15H13FO2S. The van der Waals surface area contributed by atoms with Crippen LogP contribution in [0, 0.1) is 24.6 Å². The van der Waals surface area contributed by atoms with E-state index in [0.717, 1.165) is 10.4 Å². The molecule has 0 fully saturated rings. The highest BCUT2D eigenvalue weighted by Crippen LogP contribution is 2.21. The molecule has 2 aromatic rings. The lowest BCUT2D eigenvalue weighted by atomic mass is 10.2. The lowest BCUT2D eigenvalue weighted by Gasteiger charge is -2.06. The van der Waals surface area contributed by atoms with E-state index in [1.165, 1.54) is 6.07 Å². The number of hydrogen-bond donors (Lipinski definition) is 1. The van der Waals surface area contributed by atoms with Crippen molar-refractivity contribution in [3.8, 4) is 17.6 Å². The molecule has 4 heteroatoms. The summed E-state index contributed by atoms with van der Waals surface area (Å²) in [5.74, 6) is 5.88. The number of ether oxygens (including phenoxy) is 1. The van der Waals surface area contributed by atoms with Gasteiger partial charge in [0, 0.05) is 5.56 Å². The third kappa shape index (κ3) is 3.57. The first kappa shape index (κ1) is 13.6. The highest BCUT2D eigenvalue weighted by atomic mass is 32.1. The van der Waals surface area contributed by atoms with E-state index in [1.54, 1.807) is 30.4 Å². The van der Waals surface area contributed by atoms with Crippen LogP contribution in [0.2, 0.25) is 0 Å². The van der Waals surface area contributed by atoms with E-state index in [2.05, 4.69) is 11.8 Å². The molecule has 0 bridgehead atoms. The molecule has 0 saturated carbocycles. The molecule has 0 aliphatic carbocycles. The van der Waals surface area contributed by atoms with E-state index >= 15 is 0 Å². The van der Waals surface area contributed by atoms with Crippen molar-refractivity contribution in [1.29, 1.82) is 0 Å². The molecule has 0 radical (unpaired) electrons. The van der Waals surface area contributed by atoms with Crippen molar-refractivity contribution in [2.24, 2.45) is 0 Å². The number of hydrogen-bond acceptors (Lipinski definition) is 3. The minimum Gasteiger partial charge on any atom is -0.488 e. The van der Waals surface area contributed by atoms with Crippen LogP contribution in [0.1, 0.15) is 16.0 Å².